The minimum absolute atomic E-state index is 0.282. The standard InChI is InChI=1S/C13H16BNO2/c1-3-5-8-17-12-7-6-10(14)9-11(12)15-13(16)4-2/h4,6-7,9H,2-3,5,8H2,1H3,(H,15,16). The molecule has 0 fully saturated rings. The van der Waals surface area contributed by atoms with Gasteiger partial charge in [0.2, 0.25) is 5.91 Å². The molecule has 0 aliphatic rings. The molecule has 0 aliphatic heterocycles. The highest BCUT2D eigenvalue weighted by Gasteiger charge is 2.05. The highest BCUT2D eigenvalue weighted by molar-refractivity contribution is 6.32. The van der Waals surface area contributed by atoms with Crippen LogP contribution in [-0.4, -0.2) is 20.4 Å². The fraction of sp³-hybridized carbons (Fsp3) is 0.308. The number of amides is 1. The second kappa shape index (κ2) is 6.79. The van der Waals surface area contributed by atoms with Crippen molar-refractivity contribution < 1.29 is 9.53 Å². The van der Waals surface area contributed by atoms with Gasteiger partial charge < -0.3 is 10.1 Å². The summed E-state index contributed by atoms with van der Waals surface area (Å²) in [6.45, 7) is 6.11. The molecule has 0 bridgehead atoms. The summed E-state index contributed by atoms with van der Waals surface area (Å²) >= 11 is 0. The van der Waals surface area contributed by atoms with Crippen molar-refractivity contribution in [3.63, 3.8) is 0 Å². The van der Waals surface area contributed by atoms with Gasteiger partial charge in [0.15, 0.2) is 0 Å². The molecule has 1 amide bonds. The van der Waals surface area contributed by atoms with Crippen molar-refractivity contribution in [1.29, 1.82) is 0 Å². The summed E-state index contributed by atoms with van der Waals surface area (Å²) in [4.78, 5) is 11.2. The molecule has 0 aliphatic carbocycles. The van der Waals surface area contributed by atoms with Gasteiger partial charge in [-0.05, 0) is 24.6 Å². The van der Waals surface area contributed by atoms with Crippen molar-refractivity contribution in [1.82, 2.24) is 0 Å². The van der Waals surface area contributed by atoms with Gasteiger partial charge in [0.25, 0.3) is 0 Å². The van der Waals surface area contributed by atoms with Gasteiger partial charge in [-0.25, -0.2) is 0 Å². The van der Waals surface area contributed by atoms with E-state index < -0.39 is 0 Å². The molecule has 2 radical (unpaired) electrons. The van der Waals surface area contributed by atoms with Crippen molar-refractivity contribution in [2.24, 2.45) is 0 Å². The molecule has 1 aromatic rings. The molecule has 0 saturated heterocycles. The Balaban J connectivity index is 2.79. The number of hydrogen-bond donors (Lipinski definition) is 1. The van der Waals surface area contributed by atoms with E-state index in [2.05, 4.69) is 18.8 Å². The third-order valence-corrected chi connectivity index (χ3v) is 2.20. The molecule has 0 saturated carbocycles. The van der Waals surface area contributed by atoms with Gasteiger partial charge in [-0.15, -0.1) is 0 Å². The topological polar surface area (TPSA) is 38.3 Å². The van der Waals surface area contributed by atoms with Crippen molar-refractivity contribution in [2.75, 3.05) is 11.9 Å². The van der Waals surface area contributed by atoms with E-state index in [-0.39, 0.29) is 5.91 Å². The molecule has 88 valence electrons. The quantitative estimate of drug-likeness (QED) is 0.458. The second-order valence-electron chi connectivity index (χ2n) is 3.65. The van der Waals surface area contributed by atoms with Gasteiger partial charge in [0, 0.05) is 0 Å². The molecule has 0 atom stereocenters. The van der Waals surface area contributed by atoms with E-state index in [0.717, 1.165) is 12.8 Å². The van der Waals surface area contributed by atoms with E-state index in [9.17, 15) is 4.79 Å². The molecular formula is C13H16BNO2. The molecule has 1 rings (SSSR count). The second-order valence-corrected chi connectivity index (χ2v) is 3.65. The van der Waals surface area contributed by atoms with E-state index in [4.69, 9.17) is 12.6 Å². The largest absolute Gasteiger partial charge is 0.491 e. The molecule has 0 aromatic heterocycles. The molecule has 0 heterocycles. The maximum Gasteiger partial charge on any atom is 0.247 e. The molecule has 0 unspecified atom stereocenters. The zero-order valence-electron chi connectivity index (χ0n) is 10.0. The summed E-state index contributed by atoms with van der Waals surface area (Å²) in [6, 6.07) is 5.16. The summed E-state index contributed by atoms with van der Waals surface area (Å²) in [6.07, 6.45) is 3.24. The number of carbonyl (C=O) groups is 1. The molecule has 0 spiro atoms. The highest BCUT2D eigenvalue weighted by Crippen LogP contribution is 2.22. The van der Waals surface area contributed by atoms with Gasteiger partial charge in [0.1, 0.15) is 13.6 Å². The van der Waals surface area contributed by atoms with Crippen molar-refractivity contribution in [2.45, 2.75) is 19.8 Å². The molecule has 1 aromatic carbocycles. The summed E-state index contributed by atoms with van der Waals surface area (Å²) in [5, 5.41) is 2.67. The fourth-order valence-electron chi connectivity index (χ4n) is 1.28. The van der Waals surface area contributed by atoms with Gasteiger partial charge in [-0.2, -0.15) is 0 Å². The minimum atomic E-state index is -0.282. The zero-order chi connectivity index (χ0) is 12.7. The van der Waals surface area contributed by atoms with Gasteiger partial charge in [-0.1, -0.05) is 31.5 Å². The number of anilines is 1. The Morgan fingerprint density at radius 3 is 3.00 bits per heavy atom. The van der Waals surface area contributed by atoms with Gasteiger partial charge >= 0.3 is 0 Å². The lowest BCUT2D eigenvalue weighted by Gasteiger charge is -2.12. The van der Waals surface area contributed by atoms with Crippen molar-refractivity contribution >= 4 is 24.9 Å². The third-order valence-electron chi connectivity index (χ3n) is 2.20. The van der Waals surface area contributed by atoms with Crippen LogP contribution in [0.4, 0.5) is 5.69 Å². The van der Waals surface area contributed by atoms with Crippen molar-refractivity contribution in [3.8, 4) is 5.75 Å². The average Bonchev–Trinajstić information content (AvgIpc) is 2.32. The Kier molecular flexibility index (Phi) is 5.33. The fourth-order valence-corrected chi connectivity index (χ4v) is 1.28. The van der Waals surface area contributed by atoms with Crippen LogP contribution in [0.2, 0.25) is 0 Å². The summed E-state index contributed by atoms with van der Waals surface area (Å²) < 4.78 is 5.57. The van der Waals surface area contributed by atoms with Crippen LogP contribution >= 0.6 is 0 Å². The predicted octanol–water partition coefficient (Wildman–Crippen LogP) is 1.78. The first kappa shape index (κ1) is 13.4. The van der Waals surface area contributed by atoms with E-state index in [0.29, 0.717) is 23.5 Å². The smallest absolute Gasteiger partial charge is 0.247 e. The predicted molar refractivity (Wildman–Crippen MR) is 71.1 cm³/mol. The number of ether oxygens (including phenoxy) is 1. The first-order valence-electron chi connectivity index (χ1n) is 5.63. The lowest BCUT2D eigenvalue weighted by molar-refractivity contribution is -0.111. The van der Waals surface area contributed by atoms with Crippen LogP contribution < -0.4 is 15.5 Å². The molecule has 3 nitrogen and oxygen atoms in total. The zero-order valence-corrected chi connectivity index (χ0v) is 10.0. The molecule has 17 heavy (non-hydrogen) atoms. The van der Waals surface area contributed by atoms with Gasteiger partial charge in [0.05, 0.1) is 12.3 Å². The first-order chi connectivity index (χ1) is 8.17. The number of rotatable bonds is 6. The van der Waals surface area contributed by atoms with Crippen LogP contribution in [-0.2, 0) is 4.79 Å². The normalized spacial score (nSPS) is 9.71. The van der Waals surface area contributed by atoms with E-state index in [1.807, 2.05) is 0 Å². The monoisotopic (exact) mass is 229 g/mol. The molecule has 4 heteroatoms. The Labute approximate surface area is 103 Å². The Bertz CT molecular complexity index is 404. The highest BCUT2D eigenvalue weighted by atomic mass is 16.5. The Morgan fingerprint density at radius 2 is 2.35 bits per heavy atom. The number of nitrogens with one attached hydrogen (secondary N) is 1. The Morgan fingerprint density at radius 1 is 1.59 bits per heavy atom. The van der Waals surface area contributed by atoms with E-state index in [1.165, 1.54) is 6.08 Å². The summed E-state index contributed by atoms with van der Waals surface area (Å²) in [5.74, 6) is 0.346. The number of carbonyl (C=O) groups excluding carboxylic acids is 1. The van der Waals surface area contributed by atoms with Gasteiger partial charge in [-0.3, -0.25) is 4.79 Å². The van der Waals surface area contributed by atoms with Crippen LogP contribution in [0.1, 0.15) is 19.8 Å². The molecule has 1 N–H and O–H groups in total. The van der Waals surface area contributed by atoms with Crippen LogP contribution in [0.15, 0.2) is 30.9 Å². The Hall–Kier alpha value is -1.71. The summed E-state index contributed by atoms with van der Waals surface area (Å²) in [5.41, 5.74) is 1.15. The average molecular weight is 229 g/mol. The lowest BCUT2D eigenvalue weighted by Crippen LogP contribution is -2.12. The SMILES string of the molecule is [B]c1ccc(OCCCC)c(NC(=O)C=C)c1. The van der Waals surface area contributed by atoms with Crippen LogP contribution in [0, 0.1) is 0 Å². The molecular weight excluding hydrogens is 213 g/mol. The van der Waals surface area contributed by atoms with Crippen LogP contribution in [0.25, 0.3) is 0 Å². The van der Waals surface area contributed by atoms with Crippen molar-refractivity contribution in [3.05, 3.63) is 30.9 Å². The van der Waals surface area contributed by atoms with E-state index >= 15 is 0 Å². The maximum atomic E-state index is 11.2. The van der Waals surface area contributed by atoms with Crippen LogP contribution in [0.3, 0.4) is 0 Å². The number of benzene rings is 1. The third kappa shape index (κ3) is 4.35. The number of unbranched alkanes of at least 4 members (excludes halogenated alkanes) is 1. The van der Waals surface area contributed by atoms with Crippen LogP contribution in [0.5, 0.6) is 5.75 Å². The number of hydrogen-bond acceptors (Lipinski definition) is 2. The lowest BCUT2D eigenvalue weighted by atomic mass is 9.95. The summed E-state index contributed by atoms with van der Waals surface area (Å²) in [7, 11) is 5.67. The minimum Gasteiger partial charge on any atom is -0.491 e. The van der Waals surface area contributed by atoms with E-state index in [1.54, 1.807) is 18.2 Å². The first-order valence-corrected chi connectivity index (χ1v) is 5.63. The maximum absolute atomic E-state index is 11.2.